The van der Waals surface area contributed by atoms with Crippen LogP contribution in [0.15, 0.2) is 84.4 Å². The molecule has 0 radical (unpaired) electrons. The molecule has 0 spiro atoms. The number of amides is 3. The van der Waals surface area contributed by atoms with Crippen LogP contribution in [-0.2, 0) is 14.4 Å². The Bertz CT molecular complexity index is 1210. The Morgan fingerprint density at radius 3 is 2.36 bits per heavy atom. The predicted molar refractivity (Wildman–Crippen MR) is 124 cm³/mol. The van der Waals surface area contributed by atoms with Crippen LogP contribution in [0.3, 0.4) is 0 Å². The highest BCUT2D eigenvalue weighted by Crippen LogP contribution is 2.30. The van der Waals surface area contributed by atoms with Crippen molar-refractivity contribution in [3.8, 4) is 11.5 Å². The molecule has 0 saturated carbocycles. The van der Waals surface area contributed by atoms with Crippen LogP contribution in [0.2, 0.25) is 0 Å². The van der Waals surface area contributed by atoms with Crippen LogP contribution < -0.4 is 25.2 Å². The van der Waals surface area contributed by atoms with Crippen LogP contribution in [0.4, 0.5) is 11.4 Å². The van der Waals surface area contributed by atoms with E-state index in [1.807, 2.05) is 24.3 Å². The second-order valence-electron chi connectivity index (χ2n) is 7.09. The lowest BCUT2D eigenvalue weighted by Gasteiger charge is -2.14. The van der Waals surface area contributed by atoms with E-state index in [0.29, 0.717) is 28.4 Å². The Morgan fingerprint density at radius 2 is 1.67 bits per heavy atom. The van der Waals surface area contributed by atoms with E-state index in [4.69, 9.17) is 9.47 Å². The first-order valence-corrected chi connectivity index (χ1v) is 10.1. The molecule has 2 N–H and O–H groups in total. The van der Waals surface area contributed by atoms with Crippen molar-refractivity contribution in [3.05, 3.63) is 90.0 Å². The van der Waals surface area contributed by atoms with E-state index >= 15 is 0 Å². The number of benzene rings is 3. The normalized spacial score (nSPS) is 14.2. The summed E-state index contributed by atoms with van der Waals surface area (Å²) in [6.45, 7) is -0.210. The number of rotatable bonds is 7. The topological polar surface area (TPSA) is 97.0 Å². The standard InChI is InChI=1S/C25H21N3O5/c1-32-22-15-17(12-13-21(22)33-16-23(29)26-18-8-4-2-5-9-18)14-20-24(30)27-28(25(20)31)19-10-6-3-7-11-19/h2-15H,16H2,1H3,(H,26,29)(H,27,30)/b20-14+. The quantitative estimate of drug-likeness (QED) is 0.432. The van der Waals surface area contributed by atoms with Crippen molar-refractivity contribution in [2.24, 2.45) is 0 Å². The maximum Gasteiger partial charge on any atom is 0.282 e. The first-order valence-electron chi connectivity index (χ1n) is 10.1. The molecule has 0 aliphatic carbocycles. The molecule has 0 bridgehead atoms. The number of carbonyl (C=O) groups is 3. The van der Waals surface area contributed by atoms with Crippen LogP contribution in [0.1, 0.15) is 5.56 Å². The highest BCUT2D eigenvalue weighted by atomic mass is 16.5. The first kappa shape index (κ1) is 21.6. The Balaban J connectivity index is 1.46. The average Bonchev–Trinajstić information content (AvgIpc) is 3.12. The lowest BCUT2D eigenvalue weighted by molar-refractivity contribution is -0.118. The van der Waals surface area contributed by atoms with E-state index in [0.717, 1.165) is 0 Å². The van der Waals surface area contributed by atoms with Gasteiger partial charge in [0.25, 0.3) is 17.7 Å². The lowest BCUT2D eigenvalue weighted by atomic mass is 10.1. The minimum atomic E-state index is -0.499. The van der Waals surface area contributed by atoms with Crippen molar-refractivity contribution >= 4 is 35.2 Å². The minimum Gasteiger partial charge on any atom is -0.493 e. The summed E-state index contributed by atoms with van der Waals surface area (Å²) in [6, 6.07) is 22.8. The van der Waals surface area contributed by atoms with E-state index in [2.05, 4.69) is 10.7 Å². The molecule has 1 heterocycles. The van der Waals surface area contributed by atoms with Gasteiger partial charge in [-0.05, 0) is 48.0 Å². The summed E-state index contributed by atoms with van der Waals surface area (Å²) >= 11 is 0. The van der Waals surface area contributed by atoms with Gasteiger partial charge in [0.2, 0.25) is 0 Å². The van der Waals surface area contributed by atoms with Gasteiger partial charge in [-0.15, -0.1) is 0 Å². The number of anilines is 2. The number of hydrogen-bond donors (Lipinski definition) is 2. The molecule has 3 aromatic carbocycles. The molecular formula is C25H21N3O5. The molecule has 0 unspecified atom stereocenters. The number of nitrogens with one attached hydrogen (secondary N) is 2. The summed E-state index contributed by atoms with van der Waals surface area (Å²) in [4.78, 5) is 37.3. The van der Waals surface area contributed by atoms with Crippen molar-refractivity contribution in [3.63, 3.8) is 0 Å². The second-order valence-corrected chi connectivity index (χ2v) is 7.09. The monoisotopic (exact) mass is 443 g/mol. The van der Waals surface area contributed by atoms with Gasteiger partial charge in [0.1, 0.15) is 5.57 Å². The molecule has 1 aliphatic rings. The summed E-state index contributed by atoms with van der Waals surface area (Å²) in [5, 5.41) is 3.94. The number of hydrazine groups is 1. The number of hydrogen-bond acceptors (Lipinski definition) is 5. The van der Waals surface area contributed by atoms with Crippen molar-refractivity contribution < 1.29 is 23.9 Å². The number of para-hydroxylation sites is 2. The van der Waals surface area contributed by atoms with Gasteiger partial charge >= 0.3 is 0 Å². The highest BCUT2D eigenvalue weighted by Gasteiger charge is 2.34. The number of methoxy groups -OCH3 is 1. The van der Waals surface area contributed by atoms with E-state index in [1.165, 1.54) is 18.2 Å². The third-order valence-electron chi connectivity index (χ3n) is 4.82. The van der Waals surface area contributed by atoms with Gasteiger partial charge in [0.15, 0.2) is 18.1 Å². The zero-order chi connectivity index (χ0) is 23.2. The molecule has 0 atom stereocenters. The smallest absolute Gasteiger partial charge is 0.282 e. The molecule has 1 saturated heterocycles. The average molecular weight is 443 g/mol. The summed E-state index contributed by atoms with van der Waals surface area (Å²) in [7, 11) is 1.47. The zero-order valence-corrected chi connectivity index (χ0v) is 17.8. The van der Waals surface area contributed by atoms with Crippen LogP contribution in [0.25, 0.3) is 6.08 Å². The first-order chi connectivity index (χ1) is 16.0. The fourth-order valence-electron chi connectivity index (χ4n) is 3.24. The summed E-state index contributed by atoms with van der Waals surface area (Å²) in [6.07, 6.45) is 1.48. The number of nitrogens with zero attached hydrogens (tertiary/aromatic N) is 1. The molecule has 8 heteroatoms. The van der Waals surface area contributed by atoms with E-state index in [9.17, 15) is 14.4 Å². The molecule has 1 fully saturated rings. The molecule has 3 amide bonds. The maximum absolute atomic E-state index is 12.7. The Hall–Kier alpha value is -4.59. The van der Waals surface area contributed by atoms with Crippen molar-refractivity contribution in [1.82, 2.24) is 5.43 Å². The Morgan fingerprint density at radius 1 is 0.970 bits per heavy atom. The SMILES string of the molecule is COc1cc(/C=C2\C(=O)NN(c3ccccc3)C2=O)ccc1OCC(=O)Nc1ccccc1. The predicted octanol–water partition coefficient (Wildman–Crippen LogP) is 3.17. The summed E-state index contributed by atoms with van der Waals surface area (Å²) < 4.78 is 11.0. The number of carbonyl (C=O) groups excluding carboxylic acids is 3. The van der Waals surface area contributed by atoms with E-state index in [-0.39, 0.29) is 18.1 Å². The molecule has 166 valence electrons. The molecular weight excluding hydrogens is 422 g/mol. The largest absolute Gasteiger partial charge is 0.493 e. The van der Waals surface area contributed by atoms with Crippen LogP contribution in [0, 0.1) is 0 Å². The lowest BCUT2D eigenvalue weighted by Crippen LogP contribution is -2.35. The van der Waals surface area contributed by atoms with Gasteiger partial charge < -0.3 is 14.8 Å². The third kappa shape index (κ3) is 5.01. The van der Waals surface area contributed by atoms with Gasteiger partial charge in [-0.25, -0.2) is 5.01 Å². The van der Waals surface area contributed by atoms with E-state index < -0.39 is 11.8 Å². The summed E-state index contributed by atoms with van der Waals surface area (Å²) in [5.41, 5.74) is 4.36. The zero-order valence-electron chi connectivity index (χ0n) is 17.8. The Labute approximate surface area is 190 Å². The van der Waals surface area contributed by atoms with Gasteiger partial charge in [-0.3, -0.25) is 19.8 Å². The highest BCUT2D eigenvalue weighted by molar-refractivity contribution is 6.31. The Kier molecular flexibility index (Phi) is 6.36. The van der Waals surface area contributed by atoms with Gasteiger partial charge in [0.05, 0.1) is 12.8 Å². The minimum absolute atomic E-state index is 0.00295. The van der Waals surface area contributed by atoms with Crippen LogP contribution in [-0.4, -0.2) is 31.4 Å². The number of ether oxygens (including phenoxy) is 2. The third-order valence-corrected chi connectivity index (χ3v) is 4.82. The second kappa shape index (κ2) is 9.69. The molecule has 33 heavy (non-hydrogen) atoms. The van der Waals surface area contributed by atoms with Gasteiger partial charge in [-0.1, -0.05) is 42.5 Å². The van der Waals surface area contributed by atoms with Crippen LogP contribution >= 0.6 is 0 Å². The van der Waals surface area contributed by atoms with Crippen molar-refractivity contribution in [1.29, 1.82) is 0 Å². The molecule has 3 aromatic rings. The van der Waals surface area contributed by atoms with Crippen molar-refractivity contribution in [2.75, 3.05) is 24.0 Å². The fraction of sp³-hybridized carbons (Fsp3) is 0.0800. The summed E-state index contributed by atoms with van der Waals surface area (Å²) in [5.74, 6) is -0.550. The molecule has 1 aliphatic heterocycles. The van der Waals surface area contributed by atoms with Crippen molar-refractivity contribution in [2.45, 2.75) is 0 Å². The fourth-order valence-corrected chi connectivity index (χ4v) is 3.24. The van der Waals surface area contributed by atoms with E-state index in [1.54, 1.807) is 54.6 Å². The van der Waals surface area contributed by atoms with Gasteiger partial charge in [-0.2, -0.15) is 0 Å². The molecule has 0 aromatic heterocycles. The maximum atomic E-state index is 12.7. The molecule has 4 rings (SSSR count). The van der Waals surface area contributed by atoms with Gasteiger partial charge in [0, 0.05) is 5.69 Å². The molecule has 8 nitrogen and oxygen atoms in total. The van der Waals surface area contributed by atoms with Crippen LogP contribution in [0.5, 0.6) is 11.5 Å².